The van der Waals surface area contributed by atoms with E-state index in [1.165, 1.54) is 25.5 Å². The van der Waals surface area contributed by atoms with Gasteiger partial charge in [-0.15, -0.1) is 0 Å². The van der Waals surface area contributed by atoms with E-state index in [0.717, 1.165) is 0 Å². The van der Waals surface area contributed by atoms with Gasteiger partial charge in [0.2, 0.25) is 0 Å². The number of amides is 2. The van der Waals surface area contributed by atoms with Crippen LogP contribution in [0.15, 0.2) is 34.9 Å². The zero-order valence-electron chi connectivity index (χ0n) is 18.1. The normalized spacial score (nSPS) is 13.8. The van der Waals surface area contributed by atoms with E-state index in [1.54, 1.807) is 21.9 Å². The first-order valence-corrected chi connectivity index (χ1v) is 10.5. The van der Waals surface area contributed by atoms with Crippen LogP contribution in [0, 0.1) is 0 Å². The van der Waals surface area contributed by atoms with Gasteiger partial charge in [0, 0.05) is 26.2 Å². The number of piperazine rings is 1. The predicted molar refractivity (Wildman–Crippen MR) is 115 cm³/mol. The number of halogens is 1. The Balaban J connectivity index is 1.53. The molecule has 0 unspecified atom stereocenters. The Morgan fingerprint density at radius 2 is 1.81 bits per heavy atom. The molecule has 1 aliphatic heterocycles. The average molecular weight is 465 g/mol. The number of carbonyl (C=O) groups is 3. The Kier molecular flexibility index (Phi) is 7.63. The molecule has 1 saturated heterocycles. The second kappa shape index (κ2) is 10.4. The first-order chi connectivity index (χ1) is 15.3. The second-order valence-corrected chi connectivity index (χ2v) is 7.79. The van der Waals surface area contributed by atoms with Gasteiger partial charge >= 0.3 is 5.97 Å². The molecule has 32 heavy (non-hydrogen) atoms. The van der Waals surface area contributed by atoms with Gasteiger partial charge in [-0.25, -0.2) is 4.79 Å². The van der Waals surface area contributed by atoms with Crippen LogP contribution in [0.3, 0.4) is 0 Å². The molecular weight excluding hydrogens is 440 g/mol. The van der Waals surface area contributed by atoms with Crippen LogP contribution >= 0.6 is 11.6 Å². The summed E-state index contributed by atoms with van der Waals surface area (Å²) < 4.78 is 21.2. The van der Waals surface area contributed by atoms with E-state index in [1.807, 2.05) is 13.8 Å². The summed E-state index contributed by atoms with van der Waals surface area (Å²) in [6.45, 7) is 4.67. The van der Waals surface area contributed by atoms with Crippen LogP contribution in [0.4, 0.5) is 0 Å². The van der Waals surface area contributed by atoms with Crippen LogP contribution in [-0.2, 0) is 9.53 Å². The highest BCUT2D eigenvalue weighted by Gasteiger charge is 2.27. The Morgan fingerprint density at radius 3 is 2.41 bits per heavy atom. The summed E-state index contributed by atoms with van der Waals surface area (Å²) in [7, 11) is 1.44. The monoisotopic (exact) mass is 464 g/mol. The quantitative estimate of drug-likeness (QED) is 0.581. The van der Waals surface area contributed by atoms with Crippen molar-refractivity contribution in [3.8, 4) is 11.5 Å². The number of methoxy groups -OCH3 is 1. The van der Waals surface area contributed by atoms with Crippen LogP contribution in [0.5, 0.6) is 11.5 Å². The van der Waals surface area contributed by atoms with Gasteiger partial charge in [0.25, 0.3) is 11.8 Å². The number of furan rings is 1. The van der Waals surface area contributed by atoms with Crippen molar-refractivity contribution in [1.29, 1.82) is 0 Å². The molecule has 9 nitrogen and oxygen atoms in total. The fraction of sp³-hybridized carbons (Fsp3) is 0.409. The summed E-state index contributed by atoms with van der Waals surface area (Å²) in [6.07, 6.45) is 1.31. The third kappa shape index (κ3) is 5.53. The SMILES string of the molecule is COc1cc(C(=O)OCC(=O)N2CCN(C(=O)c3ccco3)CC2)cc(Cl)c1OC(C)C. The van der Waals surface area contributed by atoms with Crippen molar-refractivity contribution in [3.05, 3.63) is 46.9 Å². The minimum Gasteiger partial charge on any atom is -0.493 e. The third-order valence-electron chi connectivity index (χ3n) is 4.80. The van der Waals surface area contributed by atoms with E-state index in [4.69, 9.17) is 30.2 Å². The number of hydrogen-bond donors (Lipinski definition) is 0. The van der Waals surface area contributed by atoms with E-state index >= 15 is 0 Å². The highest BCUT2D eigenvalue weighted by molar-refractivity contribution is 6.32. The van der Waals surface area contributed by atoms with Crippen molar-refractivity contribution in [2.75, 3.05) is 39.9 Å². The number of hydrogen-bond acceptors (Lipinski definition) is 7. The van der Waals surface area contributed by atoms with Crippen molar-refractivity contribution < 1.29 is 33.0 Å². The number of nitrogens with zero attached hydrogens (tertiary/aromatic N) is 2. The Bertz CT molecular complexity index is 967. The molecule has 2 heterocycles. The van der Waals surface area contributed by atoms with Crippen LogP contribution in [0.1, 0.15) is 34.8 Å². The van der Waals surface area contributed by atoms with E-state index in [0.29, 0.717) is 37.7 Å². The van der Waals surface area contributed by atoms with Gasteiger partial charge in [-0.2, -0.15) is 0 Å². The zero-order chi connectivity index (χ0) is 23.3. The number of rotatable bonds is 7. The summed E-state index contributed by atoms with van der Waals surface area (Å²) in [5.41, 5.74) is 0.143. The lowest BCUT2D eigenvalue weighted by molar-refractivity contribution is -0.136. The van der Waals surface area contributed by atoms with Gasteiger partial charge in [-0.05, 0) is 38.1 Å². The molecule has 3 rings (SSSR count). The maximum atomic E-state index is 12.5. The lowest BCUT2D eigenvalue weighted by Crippen LogP contribution is -2.51. The molecule has 2 amide bonds. The van der Waals surface area contributed by atoms with Crippen LogP contribution < -0.4 is 9.47 Å². The molecule has 1 aliphatic rings. The largest absolute Gasteiger partial charge is 0.493 e. The van der Waals surface area contributed by atoms with Crippen molar-refractivity contribution in [2.45, 2.75) is 20.0 Å². The molecular formula is C22H25ClN2O7. The van der Waals surface area contributed by atoms with E-state index in [2.05, 4.69) is 0 Å². The minimum atomic E-state index is -0.707. The molecule has 0 spiro atoms. The summed E-state index contributed by atoms with van der Waals surface area (Å²) in [5.74, 6) is -0.384. The van der Waals surface area contributed by atoms with E-state index < -0.39 is 12.6 Å². The maximum absolute atomic E-state index is 12.5. The molecule has 0 saturated carbocycles. The first kappa shape index (κ1) is 23.5. The highest BCUT2D eigenvalue weighted by Crippen LogP contribution is 2.37. The van der Waals surface area contributed by atoms with Gasteiger partial charge in [0.05, 0.1) is 30.1 Å². The van der Waals surface area contributed by atoms with Gasteiger partial charge in [-0.1, -0.05) is 11.6 Å². The summed E-state index contributed by atoms with van der Waals surface area (Å²) in [4.78, 5) is 40.4. The summed E-state index contributed by atoms with van der Waals surface area (Å²) in [6, 6.07) is 6.11. The van der Waals surface area contributed by atoms with Gasteiger partial charge in [0.15, 0.2) is 23.9 Å². The number of carbonyl (C=O) groups excluding carboxylic acids is 3. The molecule has 10 heteroatoms. The van der Waals surface area contributed by atoms with Crippen molar-refractivity contribution in [2.24, 2.45) is 0 Å². The summed E-state index contributed by atoms with van der Waals surface area (Å²) in [5, 5.41) is 0.202. The Hall–Kier alpha value is -3.20. The number of ether oxygens (including phenoxy) is 3. The molecule has 0 radical (unpaired) electrons. The first-order valence-electron chi connectivity index (χ1n) is 10.1. The average Bonchev–Trinajstić information content (AvgIpc) is 3.32. The minimum absolute atomic E-state index is 0.133. The molecule has 172 valence electrons. The Morgan fingerprint density at radius 1 is 1.12 bits per heavy atom. The van der Waals surface area contributed by atoms with Crippen molar-refractivity contribution in [1.82, 2.24) is 9.80 Å². The predicted octanol–water partition coefficient (Wildman–Crippen LogP) is 2.87. The highest BCUT2D eigenvalue weighted by atomic mass is 35.5. The zero-order valence-corrected chi connectivity index (χ0v) is 18.9. The van der Waals surface area contributed by atoms with Crippen molar-refractivity contribution >= 4 is 29.4 Å². The molecule has 1 aromatic heterocycles. The molecule has 2 aromatic rings. The Labute approximate surface area is 190 Å². The van der Waals surface area contributed by atoms with Gasteiger partial charge < -0.3 is 28.4 Å². The standard InChI is InChI=1S/C22H25ClN2O7/c1-14(2)32-20-16(23)11-15(12-18(20)29-3)22(28)31-13-19(26)24-6-8-25(9-7-24)21(27)17-5-4-10-30-17/h4-5,10-12,14H,6-9,13H2,1-3H3. The molecule has 0 atom stereocenters. The van der Waals surface area contributed by atoms with Gasteiger partial charge in [0.1, 0.15) is 0 Å². The van der Waals surface area contributed by atoms with Crippen LogP contribution in [-0.4, -0.2) is 73.6 Å². The third-order valence-corrected chi connectivity index (χ3v) is 5.08. The molecule has 1 aromatic carbocycles. The molecule has 0 N–H and O–H groups in total. The molecule has 1 fully saturated rings. The fourth-order valence-electron chi connectivity index (χ4n) is 3.20. The van der Waals surface area contributed by atoms with Crippen molar-refractivity contribution in [3.63, 3.8) is 0 Å². The fourth-order valence-corrected chi connectivity index (χ4v) is 3.46. The topological polar surface area (TPSA) is 98.5 Å². The molecule has 0 aliphatic carbocycles. The maximum Gasteiger partial charge on any atom is 0.338 e. The van der Waals surface area contributed by atoms with Crippen LogP contribution in [0.2, 0.25) is 5.02 Å². The molecule has 0 bridgehead atoms. The van der Waals surface area contributed by atoms with Gasteiger partial charge in [-0.3, -0.25) is 9.59 Å². The smallest absolute Gasteiger partial charge is 0.338 e. The number of benzene rings is 1. The van der Waals surface area contributed by atoms with E-state index in [9.17, 15) is 14.4 Å². The number of esters is 1. The lowest BCUT2D eigenvalue weighted by Gasteiger charge is -2.34. The summed E-state index contributed by atoms with van der Waals surface area (Å²) >= 11 is 6.24. The second-order valence-electron chi connectivity index (χ2n) is 7.38. The van der Waals surface area contributed by atoms with Crippen LogP contribution in [0.25, 0.3) is 0 Å². The van der Waals surface area contributed by atoms with E-state index in [-0.39, 0.29) is 34.3 Å². The lowest BCUT2D eigenvalue weighted by atomic mass is 10.2.